The fraction of sp³-hybridized carbons (Fsp3) is 0.423. The summed E-state index contributed by atoms with van der Waals surface area (Å²) in [6, 6.07) is 17.6. The molecule has 160 valence electrons. The van der Waals surface area contributed by atoms with E-state index >= 15 is 0 Å². The fourth-order valence-corrected chi connectivity index (χ4v) is 5.08. The Kier molecular flexibility index (Phi) is 5.57. The molecule has 2 aromatic carbocycles. The van der Waals surface area contributed by atoms with Crippen LogP contribution >= 0.6 is 0 Å². The van der Waals surface area contributed by atoms with Gasteiger partial charge in [0.1, 0.15) is 17.9 Å². The second-order valence-corrected chi connectivity index (χ2v) is 8.58. The highest BCUT2D eigenvalue weighted by Crippen LogP contribution is 2.42. The molecule has 2 heterocycles. The Labute approximate surface area is 183 Å². The Morgan fingerprint density at radius 1 is 1.03 bits per heavy atom. The van der Waals surface area contributed by atoms with Crippen molar-refractivity contribution < 1.29 is 9.47 Å². The van der Waals surface area contributed by atoms with Gasteiger partial charge in [0.25, 0.3) is 0 Å². The summed E-state index contributed by atoms with van der Waals surface area (Å²) < 4.78 is 14.2. The van der Waals surface area contributed by atoms with Crippen LogP contribution in [0.2, 0.25) is 0 Å². The molecule has 1 saturated heterocycles. The van der Waals surface area contributed by atoms with E-state index in [2.05, 4.69) is 52.4 Å². The van der Waals surface area contributed by atoms with Crippen LogP contribution in [0.3, 0.4) is 0 Å². The number of ether oxygens (including phenoxy) is 2. The zero-order valence-corrected chi connectivity index (χ0v) is 18.1. The predicted molar refractivity (Wildman–Crippen MR) is 124 cm³/mol. The van der Waals surface area contributed by atoms with Crippen molar-refractivity contribution in [2.75, 3.05) is 25.6 Å². The molecule has 1 N–H and O–H groups in total. The van der Waals surface area contributed by atoms with E-state index in [0.717, 1.165) is 78.1 Å². The van der Waals surface area contributed by atoms with Gasteiger partial charge in [-0.2, -0.15) is 5.26 Å². The van der Waals surface area contributed by atoms with Gasteiger partial charge in [-0.05, 0) is 42.7 Å². The fourth-order valence-electron chi connectivity index (χ4n) is 5.08. The Morgan fingerprint density at radius 3 is 2.45 bits per heavy atom. The molecule has 0 atom stereocenters. The van der Waals surface area contributed by atoms with Gasteiger partial charge in [0.05, 0.1) is 30.0 Å². The van der Waals surface area contributed by atoms with Crippen LogP contribution in [-0.2, 0) is 4.74 Å². The molecule has 2 fully saturated rings. The van der Waals surface area contributed by atoms with E-state index in [4.69, 9.17) is 9.47 Å². The third kappa shape index (κ3) is 3.77. The Morgan fingerprint density at radius 2 is 1.77 bits per heavy atom. The molecular weight excluding hydrogens is 386 g/mol. The summed E-state index contributed by atoms with van der Waals surface area (Å²) in [6.45, 7) is 1.52. The summed E-state index contributed by atoms with van der Waals surface area (Å²) in [7, 11) is 1.92. The monoisotopic (exact) mass is 415 g/mol. The summed E-state index contributed by atoms with van der Waals surface area (Å²) in [4.78, 5) is 0. The number of nitriles is 1. The van der Waals surface area contributed by atoms with Crippen LogP contribution in [0.1, 0.15) is 50.1 Å². The van der Waals surface area contributed by atoms with Crippen LogP contribution in [-0.4, -0.2) is 30.9 Å². The molecule has 31 heavy (non-hydrogen) atoms. The summed E-state index contributed by atoms with van der Waals surface area (Å²) >= 11 is 0. The maximum atomic E-state index is 10.1. The molecule has 0 unspecified atom stereocenters. The summed E-state index contributed by atoms with van der Waals surface area (Å²) in [5.41, 5.74) is 5.07. The van der Waals surface area contributed by atoms with Gasteiger partial charge in [0.15, 0.2) is 0 Å². The van der Waals surface area contributed by atoms with Crippen molar-refractivity contribution in [1.29, 1.82) is 5.26 Å². The van der Waals surface area contributed by atoms with E-state index in [1.165, 1.54) is 12.8 Å². The number of benzene rings is 2. The normalized spacial score (nSPS) is 17.7. The van der Waals surface area contributed by atoms with Crippen LogP contribution < -0.4 is 10.1 Å². The minimum absolute atomic E-state index is 0.199. The highest BCUT2D eigenvalue weighted by molar-refractivity contribution is 5.95. The van der Waals surface area contributed by atoms with Crippen LogP contribution in [0.5, 0.6) is 5.75 Å². The molecule has 5 heteroatoms. The van der Waals surface area contributed by atoms with Gasteiger partial charge < -0.3 is 19.4 Å². The first-order valence-electron chi connectivity index (χ1n) is 11.4. The smallest absolute Gasteiger partial charge is 0.121 e. The van der Waals surface area contributed by atoms with Crippen molar-refractivity contribution in [3.8, 4) is 23.1 Å². The minimum Gasteiger partial charge on any atom is -0.490 e. The van der Waals surface area contributed by atoms with Crippen molar-refractivity contribution in [1.82, 2.24) is 4.57 Å². The van der Waals surface area contributed by atoms with E-state index in [0.29, 0.717) is 6.04 Å². The quantitative estimate of drug-likeness (QED) is 0.564. The zero-order chi connectivity index (χ0) is 21.2. The number of nitrogens with one attached hydrogen (secondary N) is 1. The molecule has 5 rings (SSSR count). The van der Waals surface area contributed by atoms with Gasteiger partial charge >= 0.3 is 0 Å². The third-order valence-corrected chi connectivity index (χ3v) is 6.70. The average molecular weight is 416 g/mol. The van der Waals surface area contributed by atoms with Crippen LogP contribution in [0.25, 0.3) is 22.2 Å². The average Bonchev–Trinajstić information content (AvgIpc) is 3.45. The first-order valence-corrected chi connectivity index (χ1v) is 11.4. The number of hydrogen-bond acceptors (Lipinski definition) is 4. The van der Waals surface area contributed by atoms with Gasteiger partial charge in [-0.1, -0.05) is 25.0 Å². The van der Waals surface area contributed by atoms with Gasteiger partial charge in [-0.3, -0.25) is 0 Å². The van der Waals surface area contributed by atoms with Crippen LogP contribution in [0.4, 0.5) is 5.69 Å². The molecule has 0 amide bonds. The molecule has 1 aliphatic heterocycles. The molecule has 1 aliphatic carbocycles. The number of rotatable bonds is 5. The SMILES string of the molecule is CNc1ccc(-c2c(C#N)c3ccc(OC4CCOCC4)cc3n2C2CCCC2)cc1. The molecular formula is C26H29N3O2. The van der Waals surface area contributed by atoms with Gasteiger partial charge in [-0.15, -0.1) is 0 Å². The van der Waals surface area contributed by atoms with Crippen molar-refractivity contribution in [2.24, 2.45) is 0 Å². The lowest BCUT2D eigenvalue weighted by atomic mass is 10.1. The largest absolute Gasteiger partial charge is 0.490 e. The molecule has 1 aromatic heterocycles. The number of nitrogens with zero attached hydrogens (tertiary/aromatic N) is 2. The maximum Gasteiger partial charge on any atom is 0.121 e. The lowest BCUT2D eigenvalue weighted by Gasteiger charge is -2.23. The second kappa shape index (κ2) is 8.64. The lowest BCUT2D eigenvalue weighted by Crippen LogP contribution is -2.25. The third-order valence-electron chi connectivity index (χ3n) is 6.70. The maximum absolute atomic E-state index is 10.1. The highest BCUT2D eigenvalue weighted by Gasteiger charge is 2.27. The summed E-state index contributed by atoms with van der Waals surface area (Å²) in [5, 5.41) is 14.3. The first-order chi connectivity index (χ1) is 15.3. The Balaban J connectivity index is 1.65. The molecule has 5 nitrogen and oxygen atoms in total. The van der Waals surface area contributed by atoms with Gasteiger partial charge in [0.2, 0.25) is 0 Å². The van der Waals surface area contributed by atoms with Crippen molar-refractivity contribution in [2.45, 2.75) is 50.7 Å². The molecule has 0 radical (unpaired) electrons. The van der Waals surface area contributed by atoms with E-state index in [1.54, 1.807) is 0 Å². The molecule has 2 aliphatic rings. The minimum atomic E-state index is 0.199. The highest BCUT2D eigenvalue weighted by atomic mass is 16.5. The second-order valence-electron chi connectivity index (χ2n) is 8.58. The molecule has 1 saturated carbocycles. The van der Waals surface area contributed by atoms with Crippen LogP contribution in [0, 0.1) is 11.3 Å². The Hall–Kier alpha value is -2.97. The summed E-state index contributed by atoms with van der Waals surface area (Å²) in [5.74, 6) is 0.887. The first kappa shape index (κ1) is 20.0. The predicted octanol–water partition coefficient (Wildman–Crippen LogP) is 5.89. The number of aromatic nitrogens is 1. The van der Waals surface area contributed by atoms with E-state index < -0.39 is 0 Å². The summed E-state index contributed by atoms with van der Waals surface area (Å²) in [6.07, 6.45) is 6.83. The zero-order valence-electron chi connectivity index (χ0n) is 18.1. The lowest BCUT2D eigenvalue weighted by molar-refractivity contribution is 0.0256. The van der Waals surface area contributed by atoms with E-state index in [-0.39, 0.29) is 6.10 Å². The van der Waals surface area contributed by atoms with Crippen LogP contribution in [0.15, 0.2) is 42.5 Å². The number of hydrogen-bond donors (Lipinski definition) is 1. The van der Waals surface area contributed by atoms with Crippen molar-refractivity contribution in [3.63, 3.8) is 0 Å². The van der Waals surface area contributed by atoms with E-state index in [1.807, 2.05) is 13.1 Å². The topological polar surface area (TPSA) is 59.2 Å². The standard InChI is InChI=1S/C26H29N3O2/c1-28-19-8-6-18(7-9-19)26-24(17-27)23-11-10-22(31-21-12-14-30-15-13-21)16-25(23)29(26)20-4-2-3-5-20/h6-11,16,20-21,28H,2-5,12-15H2,1H3. The Bertz CT molecular complexity index is 1100. The molecule has 3 aromatic rings. The number of anilines is 1. The van der Waals surface area contributed by atoms with Gasteiger partial charge in [0, 0.05) is 43.1 Å². The van der Waals surface area contributed by atoms with Crippen molar-refractivity contribution >= 4 is 16.6 Å². The van der Waals surface area contributed by atoms with Gasteiger partial charge in [-0.25, -0.2) is 0 Å². The van der Waals surface area contributed by atoms with Crippen molar-refractivity contribution in [3.05, 3.63) is 48.0 Å². The van der Waals surface area contributed by atoms with E-state index in [9.17, 15) is 5.26 Å². The number of fused-ring (bicyclic) bond motifs is 1. The molecule has 0 spiro atoms. The molecule has 0 bridgehead atoms.